The number of nitrogens with one attached hydrogen (secondary N) is 2. The quantitative estimate of drug-likeness (QED) is 0.244. The van der Waals surface area contributed by atoms with Crippen LogP contribution < -0.4 is 15.4 Å². The van der Waals surface area contributed by atoms with Crippen molar-refractivity contribution in [3.8, 4) is 5.75 Å². The molecule has 0 aliphatic carbocycles. The molecule has 29 heavy (non-hydrogen) atoms. The van der Waals surface area contributed by atoms with Crippen LogP contribution in [0.15, 0.2) is 53.5 Å². The summed E-state index contributed by atoms with van der Waals surface area (Å²) in [5.41, 5.74) is 2.66. The van der Waals surface area contributed by atoms with Crippen LogP contribution in [-0.2, 0) is 17.7 Å². The fourth-order valence-electron chi connectivity index (χ4n) is 2.85. The predicted octanol–water partition coefficient (Wildman–Crippen LogP) is 3.79. The highest BCUT2D eigenvalue weighted by atomic mass is 127. The van der Waals surface area contributed by atoms with Crippen LogP contribution in [0, 0.1) is 0 Å². The predicted molar refractivity (Wildman–Crippen MR) is 127 cm³/mol. The Morgan fingerprint density at radius 3 is 2.45 bits per heavy atom. The van der Waals surface area contributed by atoms with Crippen LogP contribution >= 0.6 is 24.0 Å². The minimum Gasteiger partial charge on any atom is -0.496 e. The summed E-state index contributed by atoms with van der Waals surface area (Å²) in [5.74, 6) is 0.791. The molecule has 0 saturated heterocycles. The molecule has 2 aromatic carbocycles. The number of ether oxygens (including phenoxy) is 2. The Kier molecular flexibility index (Phi) is 11.1. The Hall–Kier alpha value is -2.29. The minimum absolute atomic E-state index is 0. The van der Waals surface area contributed by atoms with Crippen molar-refractivity contribution in [1.29, 1.82) is 0 Å². The van der Waals surface area contributed by atoms with Gasteiger partial charge >= 0.3 is 5.97 Å². The van der Waals surface area contributed by atoms with Crippen molar-refractivity contribution in [2.45, 2.75) is 32.4 Å². The maximum Gasteiger partial charge on any atom is 0.341 e. The van der Waals surface area contributed by atoms with Crippen LogP contribution in [0.3, 0.4) is 0 Å². The molecule has 2 aromatic rings. The molecule has 7 heteroatoms. The van der Waals surface area contributed by atoms with Crippen LogP contribution in [0.1, 0.15) is 34.8 Å². The standard InChI is InChI=1S/C22H29N3O3.HI/c1-16(10-11-17-8-6-5-7-9-17)25-22(23-2)24-15-18-12-13-20(27-3)19(14-18)21(26)28-4;/h5-9,12-14,16H,10-11,15H2,1-4H3,(H2,23,24,25);1H. The lowest BCUT2D eigenvalue weighted by molar-refractivity contribution is 0.0597. The van der Waals surface area contributed by atoms with Crippen molar-refractivity contribution in [3.63, 3.8) is 0 Å². The second-order valence-corrected chi connectivity index (χ2v) is 6.52. The summed E-state index contributed by atoms with van der Waals surface area (Å²) in [6, 6.07) is 16.1. The zero-order valence-electron chi connectivity index (χ0n) is 17.4. The van der Waals surface area contributed by atoms with Crippen molar-refractivity contribution >= 4 is 35.9 Å². The molecule has 1 unspecified atom stereocenters. The molecule has 0 fully saturated rings. The van der Waals surface area contributed by atoms with Crippen molar-refractivity contribution < 1.29 is 14.3 Å². The third-order valence-electron chi connectivity index (χ3n) is 4.44. The van der Waals surface area contributed by atoms with Crippen molar-refractivity contribution in [3.05, 3.63) is 65.2 Å². The maximum absolute atomic E-state index is 11.9. The van der Waals surface area contributed by atoms with Crippen LogP contribution in [0.5, 0.6) is 5.75 Å². The third kappa shape index (κ3) is 7.92. The first-order valence-electron chi connectivity index (χ1n) is 9.33. The van der Waals surface area contributed by atoms with Crippen molar-refractivity contribution in [1.82, 2.24) is 10.6 Å². The second-order valence-electron chi connectivity index (χ2n) is 6.52. The largest absolute Gasteiger partial charge is 0.496 e. The molecule has 0 aromatic heterocycles. The molecule has 158 valence electrons. The fraction of sp³-hybridized carbons (Fsp3) is 0.364. The number of esters is 1. The van der Waals surface area contributed by atoms with Gasteiger partial charge < -0.3 is 20.1 Å². The first-order valence-corrected chi connectivity index (χ1v) is 9.33. The molecule has 0 saturated carbocycles. The van der Waals surface area contributed by atoms with Gasteiger partial charge in [-0.15, -0.1) is 24.0 Å². The fourth-order valence-corrected chi connectivity index (χ4v) is 2.85. The third-order valence-corrected chi connectivity index (χ3v) is 4.44. The molecule has 0 bridgehead atoms. The van der Waals surface area contributed by atoms with E-state index in [4.69, 9.17) is 9.47 Å². The number of benzene rings is 2. The number of hydrogen-bond acceptors (Lipinski definition) is 4. The first-order chi connectivity index (χ1) is 13.6. The molecule has 0 heterocycles. The summed E-state index contributed by atoms with van der Waals surface area (Å²) >= 11 is 0. The first kappa shape index (κ1) is 24.7. The number of halogens is 1. The summed E-state index contributed by atoms with van der Waals surface area (Å²) in [6.45, 7) is 2.66. The van der Waals surface area contributed by atoms with Gasteiger partial charge in [-0.2, -0.15) is 0 Å². The van der Waals surface area contributed by atoms with Gasteiger partial charge in [0.05, 0.1) is 14.2 Å². The number of guanidine groups is 1. The second kappa shape index (κ2) is 13.0. The number of carbonyl (C=O) groups excluding carboxylic acids is 1. The highest BCUT2D eigenvalue weighted by Crippen LogP contribution is 2.20. The lowest BCUT2D eigenvalue weighted by atomic mass is 10.1. The molecule has 1 atom stereocenters. The Bertz CT molecular complexity index is 797. The van der Waals surface area contributed by atoms with E-state index in [-0.39, 0.29) is 30.0 Å². The molecule has 0 aliphatic rings. The van der Waals surface area contributed by atoms with E-state index >= 15 is 0 Å². The summed E-state index contributed by atoms with van der Waals surface area (Å²) < 4.78 is 10.0. The van der Waals surface area contributed by atoms with Gasteiger partial charge in [-0.05, 0) is 43.0 Å². The molecule has 0 aliphatic heterocycles. The van der Waals surface area contributed by atoms with E-state index in [1.165, 1.54) is 19.8 Å². The minimum atomic E-state index is -0.421. The van der Waals surface area contributed by atoms with Crippen LogP contribution in [0.25, 0.3) is 0 Å². The lowest BCUT2D eigenvalue weighted by Gasteiger charge is -2.18. The molecule has 2 N–H and O–H groups in total. The van der Waals surface area contributed by atoms with E-state index in [0.29, 0.717) is 17.9 Å². The Labute approximate surface area is 190 Å². The van der Waals surface area contributed by atoms with E-state index in [1.807, 2.05) is 12.1 Å². The maximum atomic E-state index is 11.9. The van der Waals surface area contributed by atoms with Gasteiger partial charge in [0.1, 0.15) is 11.3 Å². The number of nitrogens with zero attached hydrogens (tertiary/aromatic N) is 1. The van der Waals surface area contributed by atoms with Gasteiger partial charge in [0, 0.05) is 19.6 Å². The summed E-state index contributed by atoms with van der Waals surface area (Å²) in [4.78, 5) is 16.2. The molecule has 0 amide bonds. The van der Waals surface area contributed by atoms with Gasteiger partial charge in [-0.3, -0.25) is 4.99 Å². The van der Waals surface area contributed by atoms with Crippen molar-refractivity contribution in [2.75, 3.05) is 21.3 Å². The smallest absolute Gasteiger partial charge is 0.341 e. The molecule has 2 rings (SSSR count). The van der Waals surface area contributed by atoms with Crippen LogP contribution in [0.4, 0.5) is 0 Å². The zero-order valence-corrected chi connectivity index (χ0v) is 19.7. The van der Waals surface area contributed by atoms with Crippen LogP contribution in [0.2, 0.25) is 0 Å². The molecule has 6 nitrogen and oxygen atoms in total. The molecule has 0 spiro atoms. The normalized spacial score (nSPS) is 11.8. The van der Waals surface area contributed by atoms with Gasteiger partial charge in [-0.1, -0.05) is 36.4 Å². The number of carbonyl (C=O) groups is 1. The number of rotatable bonds is 8. The van der Waals surface area contributed by atoms with E-state index in [0.717, 1.165) is 24.4 Å². The number of aliphatic imine (C=N–C) groups is 1. The van der Waals surface area contributed by atoms with Gasteiger partial charge in [0.25, 0.3) is 0 Å². The average Bonchev–Trinajstić information content (AvgIpc) is 2.75. The summed E-state index contributed by atoms with van der Waals surface area (Å²) in [7, 11) is 4.63. The summed E-state index contributed by atoms with van der Waals surface area (Å²) in [5, 5.41) is 6.68. The van der Waals surface area contributed by atoms with Gasteiger partial charge in [0.2, 0.25) is 0 Å². The highest BCUT2D eigenvalue weighted by Gasteiger charge is 2.14. The highest BCUT2D eigenvalue weighted by molar-refractivity contribution is 14.0. The summed E-state index contributed by atoms with van der Waals surface area (Å²) in [6.07, 6.45) is 2.01. The Morgan fingerprint density at radius 1 is 1.10 bits per heavy atom. The van der Waals surface area contributed by atoms with E-state index < -0.39 is 5.97 Å². The molecular formula is C22H30IN3O3. The Balaban J connectivity index is 0.00000420. The van der Waals surface area contributed by atoms with E-state index in [9.17, 15) is 4.79 Å². The van der Waals surface area contributed by atoms with E-state index in [1.54, 1.807) is 19.2 Å². The lowest BCUT2D eigenvalue weighted by Crippen LogP contribution is -2.42. The van der Waals surface area contributed by atoms with Gasteiger partial charge in [-0.25, -0.2) is 4.79 Å². The zero-order chi connectivity index (χ0) is 20.4. The topological polar surface area (TPSA) is 72.0 Å². The number of methoxy groups -OCH3 is 2. The van der Waals surface area contributed by atoms with Crippen molar-refractivity contribution in [2.24, 2.45) is 4.99 Å². The Morgan fingerprint density at radius 2 is 1.83 bits per heavy atom. The number of aryl methyl sites for hydroxylation is 1. The molecule has 0 radical (unpaired) electrons. The molecular weight excluding hydrogens is 481 g/mol. The average molecular weight is 511 g/mol. The van der Waals surface area contributed by atoms with Gasteiger partial charge in [0.15, 0.2) is 5.96 Å². The number of hydrogen-bond donors (Lipinski definition) is 2. The monoisotopic (exact) mass is 511 g/mol. The van der Waals surface area contributed by atoms with E-state index in [2.05, 4.69) is 46.8 Å². The van der Waals surface area contributed by atoms with Crippen LogP contribution in [-0.4, -0.2) is 39.2 Å². The SMILES string of the molecule is CN=C(NCc1ccc(OC)c(C(=O)OC)c1)NC(C)CCc1ccccc1.I.